The van der Waals surface area contributed by atoms with E-state index in [9.17, 15) is 13.6 Å². The Morgan fingerprint density at radius 3 is 2.60 bits per heavy atom. The lowest BCUT2D eigenvalue weighted by molar-refractivity contribution is -0.123. The summed E-state index contributed by atoms with van der Waals surface area (Å²) in [5.74, 6) is 0.609. The summed E-state index contributed by atoms with van der Waals surface area (Å²) in [6, 6.07) is 9.03. The molecule has 1 saturated heterocycles. The van der Waals surface area contributed by atoms with Gasteiger partial charge in [-0.3, -0.25) is 19.8 Å². The molecule has 0 N–H and O–H groups in total. The van der Waals surface area contributed by atoms with Crippen LogP contribution in [0.15, 0.2) is 113 Å². The molecule has 2 fully saturated rings. The first kappa shape index (κ1) is 36.3. The molecule has 7 atom stereocenters. The Hall–Kier alpha value is -4.08. The molecule has 7 rings (SSSR count). The third-order valence-electron chi connectivity index (χ3n) is 11.4. The molecular weight excluding hydrogens is 696 g/mol. The Bertz CT molecular complexity index is 1950. The third-order valence-corrected chi connectivity index (χ3v) is 12.5. The van der Waals surface area contributed by atoms with Crippen molar-refractivity contribution >= 4 is 40.3 Å². The lowest BCUT2D eigenvalue weighted by Gasteiger charge is -2.33. The van der Waals surface area contributed by atoms with E-state index in [1.807, 2.05) is 29.7 Å². The van der Waals surface area contributed by atoms with Crippen LogP contribution < -0.4 is 0 Å². The van der Waals surface area contributed by atoms with Gasteiger partial charge in [-0.05, 0) is 86.6 Å². The van der Waals surface area contributed by atoms with Crippen molar-refractivity contribution in [3.8, 4) is 0 Å². The van der Waals surface area contributed by atoms with Crippen LogP contribution in [0.1, 0.15) is 80.6 Å². The normalized spacial score (nSPS) is 24.1. The van der Waals surface area contributed by atoms with Crippen LogP contribution in [0.2, 0.25) is 5.02 Å². The zero-order valence-electron chi connectivity index (χ0n) is 29.6. The second-order valence-electron chi connectivity index (χ2n) is 14.7. The fourth-order valence-corrected chi connectivity index (χ4v) is 9.08. The first-order valence-electron chi connectivity index (χ1n) is 18.1. The second kappa shape index (κ2) is 15.1. The van der Waals surface area contributed by atoms with Gasteiger partial charge in [-0.2, -0.15) is 0 Å². The zero-order valence-corrected chi connectivity index (χ0v) is 31.2. The van der Waals surface area contributed by atoms with Crippen LogP contribution in [-0.2, 0) is 4.79 Å². The van der Waals surface area contributed by atoms with Crippen LogP contribution in [-0.4, -0.2) is 51.0 Å². The highest BCUT2D eigenvalue weighted by Crippen LogP contribution is 2.55. The van der Waals surface area contributed by atoms with Crippen molar-refractivity contribution in [2.45, 2.75) is 76.5 Å². The number of Topliss-reactive ketones (excluding diaryl/α,β-unsaturated/α-hetero) is 1. The molecule has 270 valence electrons. The van der Waals surface area contributed by atoms with Gasteiger partial charge in [-0.15, -0.1) is 24.5 Å². The largest absolute Gasteiger partial charge is 0.327 e. The maximum Gasteiger partial charge on any atom is 0.165 e. The fourth-order valence-electron chi connectivity index (χ4n) is 8.17. The van der Waals surface area contributed by atoms with E-state index in [-0.39, 0.29) is 39.9 Å². The molecule has 0 radical (unpaired) electrons. The summed E-state index contributed by atoms with van der Waals surface area (Å²) in [6.07, 6.45) is 15.1. The summed E-state index contributed by atoms with van der Waals surface area (Å²) in [5.41, 5.74) is 4.14. The minimum absolute atomic E-state index is 0.00109. The number of nitrogens with zero attached hydrogens (tertiary/aromatic N) is 5. The number of pyridine rings is 1. The lowest BCUT2D eigenvalue weighted by Crippen LogP contribution is -2.35. The van der Waals surface area contributed by atoms with Gasteiger partial charge in [0.2, 0.25) is 0 Å². The van der Waals surface area contributed by atoms with Gasteiger partial charge in [0.1, 0.15) is 23.8 Å². The van der Waals surface area contributed by atoms with E-state index in [1.165, 1.54) is 30.4 Å². The minimum Gasteiger partial charge on any atom is -0.327 e. The number of carbonyl (C=O) groups excluding carboxylic acids is 1. The molecule has 0 spiro atoms. The molecule has 4 unspecified atom stereocenters. The number of aliphatic imine (C=N–C) groups is 2. The molecular formula is C42H44ClF2N5OS. The fraction of sp³-hybridized carbons (Fsp3) is 0.405. The van der Waals surface area contributed by atoms with Gasteiger partial charge < -0.3 is 4.90 Å². The maximum absolute atomic E-state index is 14.5. The van der Waals surface area contributed by atoms with Crippen LogP contribution in [0.25, 0.3) is 0 Å². The second-order valence-corrected chi connectivity index (χ2v) is 16.0. The average Bonchev–Trinajstić information content (AvgIpc) is 3.56. The Balaban J connectivity index is 1.16. The first-order valence-corrected chi connectivity index (χ1v) is 19.4. The van der Waals surface area contributed by atoms with E-state index < -0.39 is 24.1 Å². The van der Waals surface area contributed by atoms with Crippen molar-refractivity contribution in [3.05, 3.63) is 130 Å². The number of hydrogen-bond donors (Lipinski definition) is 0. The average molecular weight is 740 g/mol. The molecule has 3 aromatic rings. The number of benzene rings is 1. The van der Waals surface area contributed by atoms with E-state index in [4.69, 9.17) is 21.6 Å². The van der Waals surface area contributed by atoms with Crippen molar-refractivity contribution in [3.63, 3.8) is 0 Å². The molecule has 2 aromatic heterocycles. The van der Waals surface area contributed by atoms with E-state index in [0.717, 1.165) is 59.9 Å². The van der Waals surface area contributed by atoms with Crippen molar-refractivity contribution in [1.29, 1.82) is 0 Å². The number of rotatable bonds is 15. The van der Waals surface area contributed by atoms with E-state index in [1.54, 1.807) is 30.6 Å². The molecule has 10 heteroatoms. The van der Waals surface area contributed by atoms with Gasteiger partial charge in [0.05, 0.1) is 11.8 Å². The van der Waals surface area contributed by atoms with Gasteiger partial charge >= 0.3 is 0 Å². The van der Waals surface area contributed by atoms with E-state index >= 15 is 0 Å². The zero-order chi connectivity index (χ0) is 36.6. The number of hydrogen-bond acceptors (Lipinski definition) is 7. The van der Waals surface area contributed by atoms with Gasteiger partial charge in [0.25, 0.3) is 0 Å². The lowest BCUT2D eigenvalue weighted by atomic mass is 9.79. The molecule has 1 saturated carbocycles. The highest BCUT2D eigenvalue weighted by molar-refractivity contribution is 7.11. The molecule has 1 aromatic carbocycles. The summed E-state index contributed by atoms with van der Waals surface area (Å²) < 4.78 is 28.8. The predicted octanol–water partition coefficient (Wildman–Crippen LogP) is 10.1. The van der Waals surface area contributed by atoms with E-state index in [2.05, 4.69) is 41.0 Å². The number of halogens is 3. The van der Waals surface area contributed by atoms with Crippen LogP contribution in [0.5, 0.6) is 0 Å². The monoisotopic (exact) mass is 739 g/mol. The maximum atomic E-state index is 14.5. The Labute approximate surface area is 313 Å². The number of fused-ring (bicyclic) bond motifs is 1. The van der Waals surface area contributed by atoms with Crippen molar-refractivity contribution in [2.24, 2.45) is 33.2 Å². The number of ketones is 1. The quantitative estimate of drug-likeness (QED) is 0.146. The molecule has 6 nitrogen and oxygen atoms in total. The first-order chi connectivity index (χ1) is 25.1. The summed E-state index contributed by atoms with van der Waals surface area (Å²) in [5, 5.41) is 2.98. The SMILES string of the molecule is C=CC(CCC1(CC(=O)C(C=C)[C@H](C)c2ccccn2)CC1)[C@H]1CC2=C(C3=NC(C(C)F)C=C3)[C@H](c3ccc(F)cc3Cl)N=C(c3nccs3)N2C1. The molecule has 0 bridgehead atoms. The topological polar surface area (TPSA) is 70.8 Å². The Kier molecular flexibility index (Phi) is 10.5. The third kappa shape index (κ3) is 7.27. The molecule has 0 amide bonds. The highest BCUT2D eigenvalue weighted by Gasteiger charge is 2.47. The van der Waals surface area contributed by atoms with Crippen molar-refractivity contribution in [2.75, 3.05) is 6.54 Å². The number of alkyl halides is 1. The predicted molar refractivity (Wildman–Crippen MR) is 206 cm³/mol. The molecule has 1 aliphatic carbocycles. The van der Waals surface area contributed by atoms with Crippen LogP contribution >= 0.6 is 22.9 Å². The Morgan fingerprint density at radius 1 is 1.13 bits per heavy atom. The molecule has 5 heterocycles. The number of allylic oxidation sites excluding steroid dienone is 4. The van der Waals surface area contributed by atoms with Crippen molar-refractivity contribution in [1.82, 2.24) is 14.9 Å². The van der Waals surface area contributed by atoms with Crippen molar-refractivity contribution < 1.29 is 13.6 Å². The summed E-state index contributed by atoms with van der Waals surface area (Å²) in [4.78, 5) is 35.2. The standard InChI is InChI=1S/C42H44ClF2N5OS/c1-5-27(14-15-42(16-17-42)23-37(51)30(6-2)25(3)33-9-7-8-18-46-33)28-21-36-38(35-13-12-34(48-35)26(4)44)39(31-11-10-29(45)22-32(31)43)49-40(50(36)24-28)41-47-19-20-52-41/h5-13,18-20,22,25-28,30,34,39H,1-2,14-17,21,23-24H2,3-4H3/t25-,26?,27?,28-,30?,34?,39-/m0/s1. The summed E-state index contributed by atoms with van der Waals surface area (Å²) in [7, 11) is 0. The summed E-state index contributed by atoms with van der Waals surface area (Å²) >= 11 is 8.22. The highest BCUT2D eigenvalue weighted by atomic mass is 35.5. The van der Waals surface area contributed by atoms with Crippen LogP contribution in [0, 0.1) is 29.0 Å². The molecule has 52 heavy (non-hydrogen) atoms. The van der Waals surface area contributed by atoms with Crippen LogP contribution in [0.3, 0.4) is 0 Å². The minimum atomic E-state index is -1.15. The van der Waals surface area contributed by atoms with Gasteiger partial charge in [0, 0.05) is 70.1 Å². The number of carbonyl (C=O) groups is 1. The molecule has 3 aliphatic heterocycles. The summed E-state index contributed by atoms with van der Waals surface area (Å²) in [6.45, 7) is 12.6. The van der Waals surface area contributed by atoms with Crippen LogP contribution in [0.4, 0.5) is 8.78 Å². The Morgan fingerprint density at radius 2 is 1.96 bits per heavy atom. The number of amidine groups is 1. The van der Waals surface area contributed by atoms with Gasteiger partial charge in [-0.1, -0.05) is 48.9 Å². The van der Waals surface area contributed by atoms with E-state index in [0.29, 0.717) is 24.2 Å². The van der Waals surface area contributed by atoms with Gasteiger partial charge in [0.15, 0.2) is 10.8 Å². The smallest absolute Gasteiger partial charge is 0.165 e. The van der Waals surface area contributed by atoms with Gasteiger partial charge in [-0.25, -0.2) is 13.8 Å². The number of thiazole rings is 1. The molecule has 4 aliphatic rings. The number of aromatic nitrogens is 2.